The minimum Gasteiger partial charge on any atom is -0.375 e. The summed E-state index contributed by atoms with van der Waals surface area (Å²) in [6.07, 6.45) is 4.69. The molecule has 1 aromatic rings. The van der Waals surface area contributed by atoms with Crippen LogP contribution in [0.4, 0.5) is 0 Å². The number of hydrogen-bond donors (Lipinski definition) is 0. The van der Waals surface area contributed by atoms with Crippen LogP contribution in [0.3, 0.4) is 0 Å². The van der Waals surface area contributed by atoms with Crippen LogP contribution in [0.25, 0.3) is 0 Å². The minimum atomic E-state index is 0.150. The van der Waals surface area contributed by atoms with E-state index in [4.69, 9.17) is 4.74 Å². The number of methoxy groups -OCH3 is 1. The van der Waals surface area contributed by atoms with Crippen molar-refractivity contribution in [2.75, 3.05) is 26.8 Å². The van der Waals surface area contributed by atoms with E-state index < -0.39 is 0 Å². The van der Waals surface area contributed by atoms with Gasteiger partial charge < -0.3 is 9.64 Å². The summed E-state index contributed by atoms with van der Waals surface area (Å²) in [4.78, 5) is 16.9. The first-order valence-corrected chi connectivity index (χ1v) is 8.36. The number of hydrogen-bond acceptors (Lipinski definition) is 3. The van der Waals surface area contributed by atoms with Gasteiger partial charge >= 0.3 is 0 Å². The zero-order valence-electron chi connectivity index (χ0n) is 13.4. The Labute approximate surface area is 133 Å². The average molecular weight is 302 g/mol. The van der Waals surface area contributed by atoms with Crippen LogP contribution in [0.15, 0.2) is 30.3 Å². The number of benzene rings is 1. The van der Waals surface area contributed by atoms with Crippen molar-refractivity contribution in [1.82, 2.24) is 9.80 Å². The summed E-state index contributed by atoms with van der Waals surface area (Å²) >= 11 is 0. The zero-order valence-corrected chi connectivity index (χ0v) is 13.4. The van der Waals surface area contributed by atoms with Crippen LogP contribution in [-0.2, 0) is 16.1 Å². The van der Waals surface area contributed by atoms with Crippen molar-refractivity contribution in [2.24, 2.45) is 0 Å². The Kier molecular flexibility index (Phi) is 5.11. The topological polar surface area (TPSA) is 32.8 Å². The molecule has 1 aromatic carbocycles. The summed E-state index contributed by atoms with van der Waals surface area (Å²) in [5.74, 6) is 0.150. The largest absolute Gasteiger partial charge is 0.375 e. The number of rotatable bonds is 5. The molecule has 0 saturated carbocycles. The second-order valence-corrected chi connectivity index (χ2v) is 6.40. The van der Waals surface area contributed by atoms with Gasteiger partial charge in [0.2, 0.25) is 5.91 Å². The van der Waals surface area contributed by atoms with E-state index >= 15 is 0 Å². The monoisotopic (exact) mass is 302 g/mol. The molecule has 0 bridgehead atoms. The summed E-state index contributed by atoms with van der Waals surface area (Å²) in [5.41, 5.74) is 1.36. The molecule has 2 aliphatic rings. The summed E-state index contributed by atoms with van der Waals surface area (Å²) < 4.78 is 5.04. The maximum Gasteiger partial charge on any atom is 0.248 e. The smallest absolute Gasteiger partial charge is 0.248 e. The molecule has 3 rings (SSSR count). The molecule has 0 aromatic heterocycles. The van der Waals surface area contributed by atoms with Crippen molar-refractivity contribution in [1.29, 1.82) is 0 Å². The van der Waals surface area contributed by atoms with Crippen LogP contribution >= 0.6 is 0 Å². The lowest BCUT2D eigenvalue weighted by atomic mass is 10.0. The van der Waals surface area contributed by atoms with Crippen LogP contribution in [0.2, 0.25) is 0 Å². The average Bonchev–Trinajstić information content (AvgIpc) is 3.17. The van der Waals surface area contributed by atoms with E-state index in [1.807, 2.05) is 0 Å². The third-order valence-corrected chi connectivity index (χ3v) is 4.97. The first kappa shape index (κ1) is 15.5. The highest BCUT2D eigenvalue weighted by molar-refractivity contribution is 5.78. The number of nitrogens with zero attached hydrogens (tertiary/aromatic N) is 2. The molecular formula is C18H26N2O2. The quantitative estimate of drug-likeness (QED) is 0.836. The van der Waals surface area contributed by atoms with Crippen LogP contribution < -0.4 is 0 Å². The Bertz CT molecular complexity index is 491. The number of ether oxygens (including phenoxy) is 1. The highest BCUT2D eigenvalue weighted by Crippen LogP contribution is 2.31. The van der Waals surface area contributed by atoms with Gasteiger partial charge in [0.15, 0.2) is 0 Å². The molecule has 4 nitrogen and oxygen atoms in total. The first-order valence-electron chi connectivity index (χ1n) is 8.36. The molecule has 0 radical (unpaired) electrons. The molecule has 0 spiro atoms. The second kappa shape index (κ2) is 7.25. The molecule has 0 N–H and O–H groups in total. The fourth-order valence-electron chi connectivity index (χ4n) is 4.01. The molecule has 2 heterocycles. The SMILES string of the molecule is COCC(=O)N1CCC[C@@H]1[C@@H]1CCCN1Cc1ccccc1. The van der Waals surface area contributed by atoms with Crippen LogP contribution in [-0.4, -0.2) is 54.6 Å². The van der Waals surface area contributed by atoms with Gasteiger partial charge in [0.1, 0.15) is 6.61 Å². The summed E-state index contributed by atoms with van der Waals surface area (Å²) in [5, 5.41) is 0. The molecule has 22 heavy (non-hydrogen) atoms. The van der Waals surface area contributed by atoms with Gasteiger partial charge in [0.05, 0.1) is 0 Å². The first-order chi connectivity index (χ1) is 10.8. The molecule has 120 valence electrons. The van der Waals surface area contributed by atoms with Gasteiger partial charge in [-0.25, -0.2) is 0 Å². The predicted molar refractivity (Wildman–Crippen MR) is 86.5 cm³/mol. The lowest BCUT2D eigenvalue weighted by Gasteiger charge is -2.35. The Balaban J connectivity index is 1.68. The highest BCUT2D eigenvalue weighted by Gasteiger charge is 2.39. The lowest BCUT2D eigenvalue weighted by Crippen LogP contribution is -2.48. The van der Waals surface area contributed by atoms with Gasteiger partial charge in [-0.3, -0.25) is 9.69 Å². The molecule has 2 atom stereocenters. The maximum absolute atomic E-state index is 12.3. The van der Waals surface area contributed by atoms with E-state index in [1.165, 1.54) is 18.4 Å². The molecule has 1 amide bonds. The van der Waals surface area contributed by atoms with Gasteiger partial charge in [0.25, 0.3) is 0 Å². The second-order valence-electron chi connectivity index (χ2n) is 6.40. The van der Waals surface area contributed by atoms with Crippen molar-refractivity contribution >= 4 is 5.91 Å². The van der Waals surface area contributed by atoms with Gasteiger partial charge in [-0.05, 0) is 37.8 Å². The third-order valence-electron chi connectivity index (χ3n) is 4.97. The standard InChI is InChI=1S/C18H26N2O2/c1-22-14-18(21)20-12-6-10-17(20)16-9-5-11-19(16)13-15-7-3-2-4-8-15/h2-4,7-8,16-17H,5-6,9-14H2,1H3/t16-,17+/m0/s1. The number of amides is 1. The molecule has 4 heteroatoms. The van der Waals surface area contributed by atoms with Crippen molar-refractivity contribution in [3.63, 3.8) is 0 Å². The molecule has 0 aliphatic carbocycles. The fourth-order valence-corrected chi connectivity index (χ4v) is 4.01. The lowest BCUT2D eigenvalue weighted by molar-refractivity contribution is -0.137. The Morgan fingerprint density at radius 2 is 1.86 bits per heavy atom. The number of carbonyl (C=O) groups is 1. The molecule has 0 unspecified atom stereocenters. The van der Waals surface area contributed by atoms with Gasteiger partial charge in [-0.15, -0.1) is 0 Å². The van der Waals surface area contributed by atoms with Gasteiger partial charge in [-0.2, -0.15) is 0 Å². The van der Waals surface area contributed by atoms with Crippen LogP contribution in [0, 0.1) is 0 Å². The third kappa shape index (κ3) is 3.33. The van der Waals surface area contributed by atoms with E-state index in [0.717, 1.165) is 32.5 Å². The Morgan fingerprint density at radius 3 is 2.64 bits per heavy atom. The molecular weight excluding hydrogens is 276 g/mol. The van der Waals surface area contributed by atoms with Crippen molar-refractivity contribution in [2.45, 2.75) is 44.3 Å². The number of likely N-dealkylation sites (tertiary alicyclic amines) is 2. The molecule has 2 fully saturated rings. The zero-order chi connectivity index (χ0) is 15.4. The fraction of sp³-hybridized carbons (Fsp3) is 0.611. The van der Waals surface area contributed by atoms with Crippen molar-refractivity contribution in [3.8, 4) is 0 Å². The molecule has 2 aliphatic heterocycles. The van der Waals surface area contributed by atoms with Crippen LogP contribution in [0.5, 0.6) is 0 Å². The summed E-state index contributed by atoms with van der Waals surface area (Å²) in [6, 6.07) is 11.5. The highest BCUT2D eigenvalue weighted by atomic mass is 16.5. The van der Waals surface area contributed by atoms with E-state index in [0.29, 0.717) is 12.1 Å². The van der Waals surface area contributed by atoms with E-state index in [1.54, 1.807) is 7.11 Å². The molecule has 2 saturated heterocycles. The van der Waals surface area contributed by atoms with Crippen molar-refractivity contribution in [3.05, 3.63) is 35.9 Å². The Hall–Kier alpha value is -1.39. The van der Waals surface area contributed by atoms with E-state index in [2.05, 4.69) is 40.1 Å². The minimum absolute atomic E-state index is 0.150. The number of carbonyl (C=O) groups excluding carboxylic acids is 1. The van der Waals surface area contributed by atoms with Crippen molar-refractivity contribution < 1.29 is 9.53 Å². The van der Waals surface area contributed by atoms with E-state index in [-0.39, 0.29) is 12.5 Å². The van der Waals surface area contributed by atoms with E-state index in [9.17, 15) is 4.79 Å². The summed E-state index contributed by atoms with van der Waals surface area (Å²) in [7, 11) is 1.60. The van der Waals surface area contributed by atoms with Crippen LogP contribution in [0.1, 0.15) is 31.2 Å². The van der Waals surface area contributed by atoms with Gasteiger partial charge in [-0.1, -0.05) is 30.3 Å². The normalized spacial score (nSPS) is 25.8. The van der Waals surface area contributed by atoms with Gasteiger partial charge in [0, 0.05) is 32.3 Å². The maximum atomic E-state index is 12.3. The Morgan fingerprint density at radius 1 is 1.14 bits per heavy atom. The summed E-state index contributed by atoms with van der Waals surface area (Å²) in [6.45, 7) is 3.24. The predicted octanol–water partition coefficient (Wildman–Crippen LogP) is 2.29.